The molecule has 8 heteroatoms. The van der Waals surface area contributed by atoms with Gasteiger partial charge in [0.2, 0.25) is 0 Å². The number of carboxylic acid groups (broad SMARTS) is 1. The Balaban J connectivity index is 1.49. The summed E-state index contributed by atoms with van der Waals surface area (Å²) in [6, 6.07) is 8.10. The van der Waals surface area contributed by atoms with Crippen molar-refractivity contribution in [3.8, 4) is 0 Å². The second kappa shape index (κ2) is 6.25. The first-order valence-electron chi connectivity index (χ1n) is 7.26. The van der Waals surface area contributed by atoms with Gasteiger partial charge in [0.1, 0.15) is 12.6 Å². The molecule has 3 atom stereocenters. The van der Waals surface area contributed by atoms with Crippen molar-refractivity contribution in [2.45, 2.75) is 37.6 Å². The van der Waals surface area contributed by atoms with Crippen molar-refractivity contribution in [3.63, 3.8) is 0 Å². The molecule has 1 aromatic rings. The molecule has 2 fully saturated rings. The molecule has 122 valence electrons. The zero-order chi connectivity index (χ0) is 16.4. The largest absolute Gasteiger partial charge is 0.479 e. The summed E-state index contributed by atoms with van der Waals surface area (Å²) in [4.78, 5) is 39.6. The summed E-state index contributed by atoms with van der Waals surface area (Å²) in [5.74, 6) is -1.56. The summed E-state index contributed by atoms with van der Waals surface area (Å²) < 4.78 is 5.07. The van der Waals surface area contributed by atoms with Gasteiger partial charge in [-0.3, -0.25) is 9.63 Å². The number of amides is 2. The summed E-state index contributed by atoms with van der Waals surface area (Å²) in [7, 11) is 0. The van der Waals surface area contributed by atoms with Gasteiger partial charge >= 0.3 is 12.1 Å². The molecule has 2 heterocycles. The van der Waals surface area contributed by atoms with E-state index in [1.807, 2.05) is 30.3 Å². The molecular formula is C15H16N2O6. The predicted molar refractivity (Wildman–Crippen MR) is 75.9 cm³/mol. The van der Waals surface area contributed by atoms with E-state index in [-0.39, 0.29) is 12.6 Å². The molecule has 0 aliphatic carbocycles. The van der Waals surface area contributed by atoms with Gasteiger partial charge in [0, 0.05) is 0 Å². The Labute approximate surface area is 131 Å². The minimum Gasteiger partial charge on any atom is -0.479 e. The summed E-state index contributed by atoms with van der Waals surface area (Å²) in [6.07, 6.45) is -0.957. The van der Waals surface area contributed by atoms with Gasteiger partial charge in [-0.15, -0.1) is 0 Å². The van der Waals surface area contributed by atoms with Crippen LogP contribution in [0.4, 0.5) is 4.79 Å². The van der Waals surface area contributed by atoms with Crippen LogP contribution in [0.15, 0.2) is 30.3 Å². The van der Waals surface area contributed by atoms with Crippen LogP contribution < -0.4 is 5.32 Å². The monoisotopic (exact) mass is 320 g/mol. The summed E-state index contributed by atoms with van der Waals surface area (Å²) >= 11 is 0. The molecule has 2 aliphatic rings. The number of aliphatic carboxylic acids is 1. The highest BCUT2D eigenvalue weighted by Crippen LogP contribution is 2.31. The SMILES string of the molecule is O=C(NC1C(=O)N2OC(C(=O)O)CCC12)OCc1ccccc1. The van der Waals surface area contributed by atoms with Crippen LogP contribution in [0.1, 0.15) is 18.4 Å². The van der Waals surface area contributed by atoms with E-state index in [1.54, 1.807) is 0 Å². The lowest BCUT2D eigenvalue weighted by Crippen LogP contribution is -2.72. The molecule has 2 saturated heterocycles. The van der Waals surface area contributed by atoms with E-state index in [1.165, 1.54) is 0 Å². The Morgan fingerprint density at radius 1 is 1.30 bits per heavy atom. The van der Waals surface area contributed by atoms with Gasteiger partial charge < -0.3 is 15.2 Å². The molecular weight excluding hydrogens is 304 g/mol. The van der Waals surface area contributed by atoms with Crippen LogP contribution >= 0.6 is 0 Å². The number of ether oxygens (including phenoxy) is 1. The van der Waals surface area contributed by atoms with Crippen molar-refractivity contribution >= 4 is 18.0 Å². The highest BCUT2D eigenvalue weighted by atomic mass is 16.7. The quantitative estimate of drug-likeness (QED) is 0.790. The average molecular weight is 320 g/mol. The van der Waals surface area contributed by atoms with E-state index in [2.05, 4.69) is 5.32 Å². The Hall–Kier alpha value is -2.61. The second-order valence-electron chi connectivity index (χ2n) is 5.42. The van der Waals surface area contributed by atoms with Crippen molar-refractivity contribution in [2.75, 3.05) is 0 Å². The normalized spacial score (nSPS) is 26.0. The van der Waals surface area contributed by atoms with Gasteiger partial charge in [-0.05, 0) is 18.4 Å². The number of carbonyl (C=O) groups is 3. The molecule has 0 saturated carbocycles. The Morgan fingerprint density at radius 3 is 2.74 bits per heavy atom. The number of hydrogen-bond donors (Lipinski definition) is 2. The first kappa shape index (κ1) is 15.3. The Kier molecular flexibility index (Phi) is 4.16. The van der Waals surface area contributed by atoms with Gasteiger partial charge in [-0.1, -0.05) is 30.3 Å². The predicted octanol–water partition coefficient (Wildman–Crippen LogP) is 0.671. The molecule has 1 aromatic carbocycles. The summed E-state index contributed by atoms with van der Waals surface area (Å²) in [5, 5.41) is 12.4. The van der Waals surface area contributed by atoms with E-state index in [9.17, 15) is 14.4 Å². The summed E-state index contributed by atoms with van der Waals surface area (Å²) in [5.41, 5.74) is 0.842. The highest BCUT2D eigenvalue weighted by Gasteiger charge is 2.53. The number of hydroxylamine groups is 2. The third-order valence-electron chi connectivity index (χ3n) is 3.90. The first-order valence-corrected chi connectivity index (χ1v) is 7.26. The third kappa shape index (κ3) is 3.11. The van der Waals surface area contributed by atoms with E-state index in [0.717, 1.165) is 10.6 Å². The van der Waals surface area contributed by atoms with Crippen LogP contribution in [-0.2, 0) is 25.8 Å². The van der Waals surface area contributed by atoms with Crippen LogP contribution in [0.25, 0.3) is 0 Å². The number of β-lactam (4-membered cyclic amide) rings is 1. The smallest absolute Gasteiger partial charge is 0.408 e. The molecule has 0 bridgehead atoms. The average Bonchev–Trinajstić information content (AvgIpc) is 2.57. The zero-order valence-electron chi connectivity index (χ0n) is 12.2. The van der Waals surface area contributed by atoms with Crippen LogP contribution in [0, 0.1) is 0 Å². The number of hydrogen-bond acceptors (Lipinski definition) is 5. The molecule has 3 unspecified atom stereocenters. The lowest BCUT2D eigenvalue weighted by atomic mass is 9.91. The number of nitrogens with zero attached hydrogens (tertiary/aromatic N) is 1. The number of fused-ring (bicyclic) bond motifs is 1. The fraction of sp³-hybridized carbons (Fsp3) is 0.400. The minimum absolute atomic E-state index is 0.111. The maximum atomic E-state index is 11.9. The summed E-state index contributed by atoms with van der Waals surface area (Å²) in [6.45, 7) is 0.111. The van der Waals surface area contributed by atoms with E-state index in [0.29, 0.717) is 12.8 Å². The Morgan fingerprint density at radius 2 is 2.04 bits per heavy atom. The maximum absolute atomic E-state index is 11.9. The molecule has 23 heavy (non-hydrogen) atoms. The lowest BCUT2D eigenvalue weighted by Gasteiger charge is -2.49. The van der Waals surface area contributed by atoms with E-state index >= 15 is 0 Å². The number of alkyl carbamates (subject to hydrolysis) is 1. The van der Waals surface area contributed by atoms with Crippen LogP contribution in [0.5, 0.6) is 0 Å². The van der Waals surface area contributed by atoms with Gasteiger partial charge in [0.25, 0.3) is 5.91 Å². The molecule has 0 spiro atoms. The standard InChI is InChI=1S/C15H16N2O6/c18-13-12(10-6-7-11(14(19)20)23-17(10)13)16-15(21)22-8-9-4-2-1-3-5-9/h1-5,10-12H,6-8H2,(H,16,21)(H,19,20). The fourth-order valence-electron chi connectivity index (χ4n) is 2.66. The van der Waals surface area contributed by atoms with Crippen molar-refractivity contribution in [2.24, 2.45) is 0 Å². The van der Waals surface area contributed by atoms with Crippen LogP contribution in [-0.4, -0.2) is 46.3 Å². The topological polar surface area (TPSA) is 105 Å². The molecule has 3 rings (SSSR count). The number of carbonyl (C=O) groups excluding carboxylic acids is 2. The number of nitrogens with one attached hydrogen (secondary N) is 1. The molecule has 8 nitrogen and oxygen atoms in total. The van der Waals surface area contributed by atoms with Crippen LogP contribution in [0.3, 0.4) is 0 Å². The van der Waals surface area contributed by atoms with Crippen molar-refractivity contribution in [1.29, 1.82) is 0 Å². The molecule has 0 radical (unpaired) electrons. The van der Waals surface area contributed by atoms with Crippen molar-refractivity contribution in [3.05, 3.63) is 35.9 Å². The molecule has 2 N–H and O–H groups in total. The molecule has 2 aliphatic heterocycles. The van der Waals surface area contributed by atoms with Crippen LogP contribution in [0.2, 0.25) is 0 Å². The number of carboxylic acids is 1. The van der Waals surface area contributed by atoms with Gasteiger partial charge in [0.05, 0.1) is 6.04 Å². The number of rotatable bonds is 4. The van der Waals surface area contributed by atoms with Gasteiger partial charge in [0.15, 0.2) is 6.10 Å². The lowest BCUT2D eigenvalue weighted by molar-refractivity contribution is -0.273. The van der Waals surface area contributed by atoms with Gasteiger partial charge in [-0.25, -0.2) is 14.7 Å². The molecule has 2 amide bonds. The molecule has 0 aromatic heterocycles. The van der Waals surface area contributed by atoms with Gasteiger partial charge in [-0.2, -0.15) is 0 Å². The van der Waals surface area contributed by atoms with Crippen molar-refractivity contribution < 1.29 is 29.1 Å². The van der Waals surface area contributed by atoms with Crippen molar-refractivity contribution in [1.82, 2.24) is 10.4 Å². The van der Waals surface area contributed by atoms with E-state index < -0.39 is 30.1 Å². The fourth-order valence-corrected chi connectivity index (χ4v) is 2.66. The Bertz CT molecular complexity index is 620. The highest BCUT2D eigenvalue weighted by molar-refractivity contribution is 5.91. The first-order chi connectivity index (χ1) is 11.1. The third-order valence-corrected chi connectivity index (χ3v) is 3.90. The maximum Gasteiger partial charge on any atom is 0.408 e. The zero-order valence-corrected chi connectivity index (χ0v) is 12.2. The second-order valence-corrected chi connectivity index (χ2v) is 5.42. The number of benzene rings is 1. The minimum atomic E-state index is -1.10. The van der Waals surface area contributed by atoms with E-state index in [4.69, 9.17) is 14.7 Å².